The largest absolute Gasteiger partial charge is 0.507 e. The highest BCUT2D eigenvalue weighted by Gasteiger charge is 2.46. The van der Waals surface area contributed by atoms with Crippen LogP contribution in [0.5, 0.6) is 11.5 Å². The van der Waals surface area contributed by atoms with Gasteiger partial charge in [-0.05, 0) is 38.3 Å². The first-order chi connectivity index (χ1) is 16.1. The highest BCUT2D eigenvalue weighted by atomic mass is 16.7. The number of benzene rings is 1. The molecule has 9 atom stereocenters. The summed E-state index contributed by atoms with van der Waals surface area (Å²) in [6.07, 6.45) is -9.75. The molecule has 1 aliphatic carbocycles. The normalized spacial score (nSPS) is 38.2. The van der Waals surface area contributed by atoms with Gasteiger partial charge in [-0.15, -0.1) is 0 Å². The molecule has 0 aromatic heterocycles. The Morgan fingerprint density at radius 1 is 0.912 bits per heavy atom. The smallest absolute Gasteiger partial charge is 0.229 e. The van der Waals surface area contributed by atoms with Crippen molar-refractivity contribution in [2.75, 3.05) is 13.2 Å². The summed E-state index contributed by atoms with van der Waals surface area (Å²) in [5, 5.41) is 71.1. The maximum Gasteiger partial charge on any atom is 0.229 e. The van der Waals surface area contributed by atoms with Gasteiger partial charge in [-0.3, -0.25) is 0 Å². The fraction of sp³-hybridized carbons (Fsp3) is 0.652. The number of aryl methyl sites for hydroxylation is 1. The van der Waals surface area contributed by atoms with E-state index in [0.717, 1.165) is 16.7 Å². The van der Waals surface area contributed by atoms with Crippen LogP contribution >= 0.6 is 0 Å². The average Bonchev–Trinajstić information content (AvgIpc) is 2.81. The van der Waals surface area contributed by atoms with E-state index in [9.17, 15) is 35.7 Å². The molecule has 11 nitrogen and oxygen atoms in total. The Hall–Kier alpha value is -1.80. The Bertz CT molecular complexity index is 919. The summed E-state index contributed by atoms with van der Waals surface area (Å²) < 4.78 is 22.2. The summed E-state index contributed by atoms with van der Waals surface area (Å²) in [5.41, 5.74) is 3.15. The maximum atomic E-state index is 10.5. The molecule has 0 amide bonds. The molecule has 0 bridgehead atoms. The third-order valence-corrected chi connectivity index (χ3v) is 6.57. The molecule has 2 saturated heterocycles. The van der Waals surface area contributed by atoms with E-state index in [1.54, 1.807) is 13.0 Å². The molecule has 2 heterocycles. The number of aliphatic hydroxyl groups is 6. The summed E-state index contributed by atoms with van der Waals surface area (Å²) in [4.78, 5) is 0. The van der Waals surface area contributed by atoms with Gasteiger partial charge in [0.1, 0.15) is 54.2 Å². The van der Waals surface area contributed by atoms with E-state index < -0.39 is 55.3 Å². The lowest BCUT2D eigenvalue weighted by atomic mass is 9.89. The molecule has 1 aromatic rings. The molecule has 2 fully saturated rings. The predicted molar refractivity (Wildman–Crippen MR) is 115 cm³/mol. The standard InChI is InChI=1S/C23H32O11/c1-9-3-4-11-12(5-9)16(25)10(2)6-14(11)33-23-21(30)19(28)18(27)15(34-23)8-32-22-20(29)17(26)13(24)7-31-22/h3,6,13,15,17-30H,4-5,7-8H2,1-2H3/t13-,15-,17+,18-,19+,20-,21-,22+,23-/m1/s1. The van der Waals surface area contributed by atoms with Crippen LogP contribution in [-0.4, -0.2) is 104 Å². The van der Waals surface area contributed by atoms with Crippen molar-refractivity contribution < 1.29 is 54.7 Å². The molecule has 11 heteroatoms. The first-order valence-electron chi connectivity index (χ1n) is 11.2. The minimum Gasteiger partial charge on any atom is -0.507 e. The Labute approximate surface area is 196 Å². The fourth-order valence-electron chi connectivity index (χ4n) is 4.42. The highest BCUT2D eigenvalue weighted by Crippen LogP contribution is 2.39. The van der Waals surface area contributed by atoms with Crippen molar-refractivity contribution in [2.24, 2.45) is 0 Å². The molecule has 190 valence electrons. The van der Waals surface area contributed by atoms with Gasteiger partial charge in [0.15, 0.2) is 6.29 Å². The van der Waals surface area contributed by atoms with Gasteiger partial charge in [-0.25, -0.2) is 0 Å². The van der Waals surface area contributed by atoms with E-state index in [1.807, 2.05) is 13.0 Å². The van der Waals surface area contributed by atoms with Crippen molar-refractivity contribution in [1.82, 2.24) is 0 Å². The van der Waals surface area contributed by atoms with Gasteiger partial charge in [0, 0.05) is 11.1 Å². The minimum absolute atomic E-state index is 0.181. The molecule has 3 aliphatic rings. The van der Waals surface area contributed by atoms with E-state index >= 15 is 0 Å². The molecule has 4 rings (SSSR count). The second-order valence-corrected chi connectivity index (χ2v) is 9.14. The molecule has 2 aliphatic heterocycles. The number of hydrogen-bond acceptors (Lipinski definition) is 11. The van der Waals surface area contributed by atoms with Crippen molar-refractivity contribution in [3.05, 3.63) is 34.4 Å². The lowest BCUT2D eigenvalue weighted by Crippen LogP contribution is -2.61. The summed E-state index contributed by atoms with van der Waals surface area (Å²) in [5.74, 6) is 0.560. The number of phenolic OH excluding ortho intramolecular Hbond substituents is 1. The summed E-state index contributed by atoms with van der Waals surface area (Å²) in [6.45, 7) is 3.06. The zero-order valence-electron chi connectivity index (χ0n) is 18.9. The molecule has 0 saturated carbocycles. The predicted octanol–water partition coefficient (Wildman–Crippen LogP) is -1.61. The van der Waals surface area contributed by atoms with Crippen molar-refractivity contribution in [2.45, 2.75) is 82.0 Å². The van der Waals surface area contributed by atoms with Gasteiger partial charge < -0.3 is 54.7 Å². The third kappa shape index (κ3) is 4.81. The number of phenols is 1. The van der Waals surface area contributed by atoms with Crippen molar-refractivity contribution in [3.63, 3.8) is 0 Å². The highest BCUT2D eigenvalue weighted by molar-refractivity contribution is 5.56. The van der Waals surface area contributed by atoms with E-state index in [4.69, 9.17) is 18.9 Å². The van der Waals surface area contributed by atoms with Crippen LogP contribution in [0.15, 0.2) is 17.7 Å². The molecule has 1 aromatic carbocycles. The van der Waals surface area contributed by atoms with Crippen molar-refractivity contribution in [1.29, 1.82) is 0 Å². The summed E-state index contributed by atoms with van der Waals surface area (Å²) in [7, 11) is 0. The van der Waals surface area contributed by atoms with Gasteiger partial charge in [0.25, 0.3) is 0 Å². The molecule has 34 heavy (non-hydrogen) atoms. The number of allylic oxidation sites excluding steroid dienone is 2. The minimum atomic E-state index is -1.62. The maximum absolute atomic E-state index is 10.5. The van der Waals surface area contributed by atoms with Gasteiger partial charge in [0.2, 0.25) is 6.29 Å². The molecule has 7 N–H and O–H groups in total. The van der Waals surface area contributed by atoms with Crippen LogP contribution in [0.25, 0.3) is 0 Å². The van der Waals surface area contributed by atoms with Crippen LogP contribution in [-0.2, 0) is 27.1 Å². The van der Waals surface area contributed by atoms with Crippen LogP contribution in [0.2, 0.25) is 0 Å². The summed E-state index contributed by atoms with van der Waals surface area (Å²) in [6, 6.07) is 1.63. The quantitative estimate of drug-likeness (QED) is 0.239. The second-order valence-electron chi connectivity index (χ2n) is 9.14. The van der Waals surface area contributed by atoms with E-state index in [-0.39, 0.29) is 19.0 Å². The molecular weight excluding hydrogens is 452 g/mol. The number of fused-ring (bicyclic) bond motifs is 1. The number of aliphatic hydroxyl groups excluding tert-OH is 6. The van der Waals surface area contributed by atoms with E-state index in [0.29, 0.717) is 24.2 Å². The molecule has 0 unspecified atom stereocenters. The number of rotatable bonds is 5. The third-order valence-electron chi connectivity index (χ3n) is 6.57. The lowest BCUT2D eigenvalue weighted by Gasteiger charge is -2.41. The van der Waals surface area contributed by atoms with Crippen LogP contribution in [0.4, 0.5) is 0 Å². The van der Waals surface area contributed by atoms with E-state index in [1.165, 1.54) is 0 Å². The first kappa shape index (κ1) is 25.3. The van der Waals surface area contributed by atoms with Gasteiger partial charge in [-0.2, -0.15) is 0 Å². The molecule has 0 spiro atoms. The number of ether oxygens (including phenoxy) is 4. The Morgan fingerprint density at radius 2 is 1.62 bits per heavy atom. The number of aromatic hydroxyl groups is 1. The fourth-order valence-corrected chi connectivity index (χ4v) is 4.42. The zero-order valence-corrected chi connectivity index (χ0v) is 18.9. The molecular formula is C23H32O11. The monoisotopic (exact) mass is 484 g/mol. The van der Waals surface area contributed by atoms with Gasteiger partial charge in [-0.1, -0.05) is 11.6 Å². The first-order valence-corrected chi connectivity index (χ1v) is 11.2. The van der Waals surface area contributed by atoms with Gasteiger partial charge in [0.05, 0.1) is 13.2 Å². The van der Waals surface area contributed by atoms with Crippen LogP contribution in [0, 0.1) is 6.92 Å². The Balaban J connectivity index is 1.48. The summed E-state index contributed by atoms with van der Waals surface area (Å²) >= 11 is 0. The van der Waals surface area contributed by atoms with Crippen molar-refractivity contribution in [3.8, 4) is 11.5 Å². The zero-order chi connectivity index (χ0) is 24.7. The van der Waals surface area contributed by atoms with Crippen LogP contribution < -0.4 is 4.74 Å². The Morgan fingerprint density at radius 3 is 2.35 bits per heavy atom. The second kappa shape index (κ2) is 10.1. The van der Waals surface area contributed by atoms with E-state index in [2.05, 4.69) is 0 Å². The topological polar surface area (TPSA) is 179 Å². The Kier molecular flexibility index (Phi) is 7.48. The SMILES string of the molecule is CC1=CCc2c(O[C@@H]3O[C@H](CO[C@@H]4OC[C@@H](O)[C@H](O)[C@H]4O)[C@@H](O)[C@H](O)[C@H]3O)cc(C)c(O)c2C1. The lowest BCUT2D eigenvalue weighted by molar-refractivity contribution is -0.307. The average molecular weight is 484 g/mol. The molecule has 0 radical (unpaired) electrons. The van der Waals surface area contributed by atoms with Crippen molar-refractivity contribution >= 4 is 0 Å². The number of hydrogen-bond donors (Lipinski definition) is 7. The van der Waals surface area contributed by atoms with Crippen LogP contribution in [0.3, 0.4) is 0 Å². The van der Waals surface area contributed by atoms with Gasteiger partial charge >= 0.3 is 0 Å². The van der Waals surface area contributed by atoms with Crippen LogP contribution in [0.1, 0.15) is 23.6 Å².